The summed E-state index contributed by atoms with van der Waals surface area (Å²) >= 11 is 3.41. The van der Waals surface area contributed by atoms with Gasteiger partial charge in [-0.3, -0.25) is 14.2 Å². The zero-order chi connectivity index (χ0) is 18.3. The maximum Gasteiger partial charge on any atom is 0.255 e. The molecule has 26 heavy (non-hydrogen) atoms. The van der Waals surface area contributed by atoms with Gasteiger partial charge in [-0.15, -0.1) is 0 Å². The van der Waals surface area contributed by atoms with Crippen LogP contribution in [0.25, 0.3) is 22.7 Å². The van der Waals surface area contributed by atoms with E-state index in [0.29, 0.717) is 5.57 Å². The summed E-state index contributed by atoms with van der Waals surface area (Å²) in [4.78, 5) is 24.3. The standard InChI is InChI=1S/C21H15BrN2O2/c1-13(25)24-12-16(18-4-2-3-5-20(18)24)10-15-11-19(23-21(15)26)14-6-8-17(22)9-7-14/h2-12H,1H3,(H,23,26). The number of nitrogens with one attached hydrogen (secondary N) is 1. The van der Waals surface area contributed by atoms with Crippen LogP contribution >= 0.6 is 15.9 Å². The third-order valence-corrected chi connectivity index (χ3v) is 4.89. The first kappa shape index (κ1) is 16.5. The first-order valence-corrected chi connectivity index (χ1v) is 8.94. The molecule has 0 unspecified atom stereocenters. The predicted molar refractivity (Wildman–Crippen MR) is 106 cm³/mol. The van der Waals surface area contributed by atoms with Crippen LogP contribution in [0.5, 0.6) is 0 Å². The minimum atomic E-state index is -0.150. The first-order valence-electron chi connectivity index (χ1n) is 8.14. The lowest BCUT2D eigenvalue weighted by atomic mass is 10.1. The van der Waals surface area contributed by atoms with Gasteiger partial charge in [-0.05, 0) is 35.9 Å². The largest absolute Gasteiger partial charge is 0.321 e. The van der Waals surface area contributed by atoms with Crippen LogP contribution < -0.4 is 5.32 Å². The molecule has 1 aliphatic heterocycles. The van der Waals surface area contributed by atoms with Gasteiger partial charge < -0.3 is 5.32 Å². The van der Waals surface area contributed by atoms with Gasteiger partial charge >= 0.3 is 0 Å². The SMILES string of the molecule is CC(=O)n1cc(C=C2C=C(c3ccc(Br)cc3)NC2=O)c2ccccc21. The maximum atomic E-state index is 12.4. The molecular formula is C21H15BrN2O2. The fourth-order valence-electron chi connectivity index (χ4n) is 3.09. The van der Waals surface area contributed by atoms with Crippen LogP contribution in [0.15, 0.2) is 70.8 Å². The van der Waals surface area contributed by atoms with E-state index in [0.717, 1.165) is 32.2 Å². The number of rotatable bonds is 2. The number of amides is 1. The number of hydrogen-bond acceptors (Lipinski definition) is 2. The van der Waals surface area contributed by atoms with Crippen LogP contribution in [-0.4, -0.2) is 16.4 Å². The van der Waals surface area contributed by atoms with Gasteiger partial charge in [-0.25, -0.2) is 0 Å². The van der Waals surface area contributed by atoms with Crippen molar-refractivity contribution in [1.82, 2.24) is 9.88 Å². The topological polar surface area (TPSA) is 51.1 Å². The van der Waals surface area contributed by atoms with E-state index in [4.69, 9.17) is 0 Å². The molecular weight excluding hydrogens is 392 g/mol. The first-order chi connectivity index (χ1) is 12.5. The number of carbonyl (C=O) groups is 2. The Morgan fingerprint density at radius 1 is 1.12 bits per heavy atom. The molecule has 0 saturated heterocycles. The van der Waals surface area contributed by atoms with Crippen molar-refractivity contribution in [2.75, 3.05) is 0 Å². The van der Waals surface area contributed by atoms with Crippen LogP contribution in [0.2, 0.25) is 0 Å². The van der Waals surface area contributed by atoms with Crippen molar-refractivity contribution in [2.24, 2.45) is 0 Å². The molecule has 0 bridgehead atoms. The van der Waals surface area contributed by atoms with Crippen molar-refractivity contribution >= 4 is 50.4 Å². The summed E-state index contributed by atoms with van der Waals surface area (Å²) in [5, 5.41) is 3.84. The highest BCUT2D eigenvalue weighted by Crippen LogP contribution is 2.27. The molecule has 0 atom stereocenters. The van der Waals surface area contributed by atoms with Crippen LogP contribution in [0.1, 0.15) is 22.8 Å². The molecule has 4 nitrogen and oxygen atoms in total. The van der Waals surface area contributed by atoms with Crippen LogP contribution in [0.4, 0.5) is 0 Å². The van der Waals surface area contributed by atoms with E-state index in [-0.39, 0.29) is 11.8 Å². The molecule has 1 N–H and O–H groups in total. The summed E-state index contributed by atoms with van der Waals surface area (Å²) in [5.41, 5.74) is 3.95. The van der Waals surface area contributed by atoms with Gasteiger partial charge in [0.1, 0.15) is 0 Å². The molecule has 0 saturated carbocycles. The van der Waals surface area contributed by atoms with Crippen molar-refractivity contribution < 1.29 is 9.59 Å². The monoisotopic (exact) mass is 406 g/mol. The number of halogens is 1. The average Bonchev–Trinajstić information content (AvgIpc) is 3.18. The van der Waals surface area contributed by atoms with E-state index in [1.165, 1.54) is 6.92 Å². The zero-order valence-electron chi connectivity index (χ0n) is 14.0. The third kappa shape index (κ3) is 2.91. The van der Waals surface area contributed by atoms with Crippen LogP contribution in [-0.2, 0) is 4.79 Å². The van der Waals surface area contributed by atoms with E-state index in [9.17, 15) is 9.59 Å². The third-order valence-electron chi connectivity index (χ3n) is 4.36. The molecule has 1 amide bonds. The fourth-order valence-corrected chi connectivity index (χ4v) is 3.36. The Kier molecular flexibility index (Phi) is 4.09. The molecule has 5 heteroatoms. The maximum absolute atomic E-state index is 12.4. The molecule has 128 valence electrons. The van der Waals surface area contributed by atoms with Crippen LogP contribution in [0.3, 0.4) is 0 Å². The number of para-hydroxylation sites is 1. The van der Waals surface area contributed by atoms with Gasteiger partial charge in [0.25, 0.3) is 5.91 Å². The molecule has 0 radical (unpaired) electrons. The summed E-state index contributed by atoms with van der Waals surface area (Å²) in [5.74, 6) is -0.213. The number of fused-ring (bicyclic) bond motifs is 1. The fraction of sp³-hybridized carbons (Fsp3) is 0.0476. The van der Waals surface area contributed by atoms with E-state index < -0.39 is 0 Å². The van der Waals surface area contributed by atoms with Gasteiger partial charge in [0.05, 0.1) is 5.52 Å². The van der Waals surface area contributed by atoms with Gasteiger partial charge in [0.15, 0.2) is 0 Å². The van der Waals surface area contributed by atoms with Gasteiger partial charge in [-0.2, -0.15) is 0 Å². The van der Waals surface area contributed by atoms with E-state index >= 15 is 0 Å². The van der Waals surface area contributed by atoms with Crippen LogP contribution in [0, 0.1) is 0 Å². The normalized spacial score (nSPS) is 15.4. The molecule has 0 fully saturated rings. The minimum absolute atomic E-state index is 0.0622. The second-order valence-electron chi connectivity index (χ2n) is 6.11. The van der Waals surface area contributed by atoms with E-state index in [1.54, 1.807) is 10.8 Å². The predicted octanol–water partition coefficient (Wildman–Crippen LogP) is 4.62. The highest BCUT2D eigenvalue weighted by atomic mass is 79.9. The van der Waals surface area contributed by atoms with Gasteiger partial charge in [0, 0.05) is 39.8 Å². The molecule has 4 rings (SSSR count). The summed E-state index contributed by atoms with van der Waals surface area (Å²) in [6.45, 7) is 1.52. The zero-order valence-corrected chi connectivity index (χ0v) is 15.6. The summed E-state index contributed by atoms with van der Waals surface area (Å²) < 4.78 is 2.59. The molecule has 1 aromatic heterocycles. The van der Waals surface area contributed by atoms with Gasteiger partial charge in [0.2, 0.25) is 5.91 Å². The van der Waals surface area contributed by atoms with E-state index in [1.807, 2.05) is 60.7 Å². The number of carbonyl (C=O) groups excluding carboxylic acids is 2. The molecule has 3 aromatic rings. The summed E-state index contributed by atoms with van der Waals surface area (Å²) in [7, 11) is 0. The quantitative estimate of drug-likeness (QED) is 0.631. The Balaban J connectivity index is 1.79. The van der Waals surface area contributed by atoms with E-state index in [2.05, 4.69) is 21.2 Å². The van der Waals surface area contributed by atoms with Crippen molar-refractivity contribution in [3.63, 3.8) is 0 Å². The van der Waals surface area contributed by atoms with Crippen molar-refractivity contribution in [3.05, 3.63) is 82.0 Å². The minimum Gasteiger partial charge on any atom is -0.321 e. The molecule has 1 aliphatic rings. The molecule has 2 aromatic carbocycles. The Morgan fingerprint density at radius 2 is 1.85 bits per heavy atom. The number of benzene rings is 2. The lowest BCUT2D eigenvalue weighted by Gasteiger charge is -2.02. The lowest BCUT2D eigenvalue weighted by molar-refractivity contribution is -0.115. The smallest absolute Gasteiger partial charge is 0.255 e. The molecule has 2 heterocycles. The highest BCUT2D eigenvalue weighted by Gasteiger charge is 2.20. The lowest BCUT2D eigenvalue weighted by Crippen LogP contribution is -2.15. The highest BCUT2D eigenvalue weighted by molar-refractivity contribution is 9.10. The number of aromatic nitrogens is 1. The van der Waals surface area contributed by atoms with Crippen molar-refractivity contribution in [3.8, 4) is 0 Å². The second-order valence-corrected chi connectivity index (χ2v) is 7.02. The Bertz CT molecular complexity index is 1100. The summed E-state index contributed by atoms with van der Waals surface area (Å²) in [6, 6.07) is 15.4. The number of hydrogen-bond donors (Lipinski definition) is 1. The average molecular weight is 407 g/mol. The Hall–Kier alpha value is -2.92. The number of nitrogens with zero attached hydrogens (tertiary/aromatic N) is 1. The second kappa shape index (κ2) is 6.42. The van der Waals surface area contributed by atoms with Gasteiger partial charge in [-0.1, -0.05) is 46.3 Å². The van der Waals surface area contributed by atoms with Crippen molar-refractivity contribution in [1.29, 1.82) is 0 Å². The Morgan fingerprint density at radius 3 is 2.58 bits per heavy atom. The molecule has 0 aliphatic carbocycles. The Labute approximate surface area is 158 Å². The summed E-state index contributed by atoms with van der Waals surface area (Å²) in [6.07, 6.45) is 5.44. The molecule has 0 spiro atoms. The van der Waals surface area contributed by atoms with Crippen molar-refractivity contribution in [2.45, 2.75) is 6.92 Å².